The molecule has 5 heteroatoms. The molecule has 36 heavy (non-hydrogen) atoms. The number of hydrogen-bond donors (Lipinski definition) is 1. The van der Waals surface area contributed by atoms with Gasteiger partial charge in [-0.05, 0) is 81.0 Å². The lowest BCUT2D eigenvalue weighted by molar-refractivity contribution is -0.114. The number of rotatable bonds is 12. The molecule has 0 aliphatic rings. The highest BCUT2D eigenvalue weighted by atomic mass is 127. The van der Waals surface area contributed by atoms with Gasteiger partial charge in [0.05, 0.1) is 6.10 Å². The molecule has 3 aromatic rings. The maximum atomic E-state index is 12.3. The van der Waals surface area contributed by atoms with E-state index in [0.717, 1.165) is 5.56 Å². The summed E-state index contributed by atoms with van der Waals surface area (Å²) in [7, 11) is -2.56. The highest BCUT2D eigenvalue weighted by molar-refractivity contribution is 14.1. The average Bonchev–Trinajstić information content (AvgIpc) is 2.86. The third-order valence-corrected chi connectivity index (χ3v) is 12.1. The van der Waals surface area contributed by atoms with Gasteiger partial charge in [0.25, 0.3) is 8.32 Å². The second kappa shape index (κ2) is 13.5. The maximum Gasteiger partial charge on any atom is 0.261 e. The van der Waals surface area contributed by atoms with Gasteiger partial charge < -0.3 is 9.53 Å². The van der Waals surface area contributed by atoms with E-state index in [1.165, 1.54) is 20.0 Å². The fourth-order valence-corrected chi connectivity index (χ4v) is 9.85. The lowest BCUT2D eigenvalue weighted by Gasteiger charge is -2.43. The van der Waals surface area contributed by atoms with Crippen LogP contribution in [-0.4, -0.2) is 31.9 Å². The largest absolute Gasteiger partial charge is 0.407 e. The molecule has 0 saturated heterocycles. The minimum atomic E-state index is -2.56. The Hall–Kier alpha value is -2.06. The van der Waals surface area contributed by atoms with E-state index < -0.39 is 14.4 Å². The smallest absolute Gasteiger partial charge is 0.261 e. The first-order valence-electron chi connectivity index (χ1n) is 12.6. The number of carbonyl (C=O) groups is 1. The van der Waals surface area contributed by atoms with Crippen LogP contribution in [0, 0.1) is 3.57 Å². The topological polar surface area (TPSA) is 46.5 Å². The average molecular weight is 613 g/mol. The summed E-state index contributed by atoms with van der Waals surface area (Å²) in [6.07, 6.45) is 4.92. The van der Waals surface area contributed by atoms with Crippen LogP contribution in [0.4, 0.5) is 0 Å². The van der Waals surface area contributed by atoms with Gasteiger partial charge >= 0.3 is 0 Å². The second-order valence-corrected chi connectivity index (χ2v) is 15.7. The molecule has 1 atom stereocenters. The van der Waals surface area contributed by atoms with Crippen LogP contribution in [0.2, 0.25) is 5.04 Å². The van der Waals surface area contributed by atoms with Crippen LogP contribution in [0.5, 0.6) is 0 Å². The van der Waals surface area contributed by atoms with Crippen LogP contribution in [0.3, 0.4) is 0 Å². The van der Waals surface area contributed by atoms with Crippen molar-refractivity contribution in [3.8, 4) is 0 Å². The Balaban J connectivity index is 1.59. The van der Waals surface area contributed by atoms with Crippen LogP contribution in [0.1, 0.15) is 45.6 Å². The van der Waals surface area contributed by atoms with Gasteiger partial charge in [0.2, 0.25) is 0 Å². The molecule has 0 aliphatic heterocycles. The fourth-order valence-electron chi connectivity index (χ4n) is 4.64. The van der Waals surface area contributed by atoms with E-state index in [-0.39, 0.29) is 10.8 Å². The second-order valence-electron chi connectivity index (χ2n) is 10.2. The number of aliphatic hydroxyl groups is 1. The standard InChI is InChI=1S/C31H37IO3Si/c1-31(2,3)36(29-15-6-4-7-16-29,30-17-8-5-9-18-30)35-23-11-14-27(33)21-22-28(34)20-19-25-12-10-13-26(32)24-25/h4-10,12-13,15-18,21-22,24,27,33H,11,14,19-20,23H2,1-3H3/b22-21+. The summed E-state index contributed by atoms with van der Waals surface area (Å²) in [5, 5.41) is 12.9. The van der Waals surface area contributed by atoms with E-state index in [1.807, 2.05) is 30.3 Å². The molecule has 190 valence electrons. The van der Waals surface area contributed by atoms with Crippen molar-refractivity contribution in [1.82, 2.24) is 0 Å². The Morgan fingerprint density at radius 2 is 1.58 bits per heavy atom. The number of hydrogen-bond acceptors (Lipinski definition) is 3. The minimum absolute atomic E-state index is 0.0384. The SMILES string of the molecule is CC(C)(C)[Si](OCCCC(O)/C=C/C(=O)CCc1cccc(I)c1)(c1ccccc1)c1ccccc1. The van der Waals surface area contributed by atoms with Crippen molar-refractivity contribution in [1.29, 1.82) is 0 Å². The number of benzene rings is 3. The molecule has 0 aromatic heterocycles. The van der Waals surface area contributed by atoms with Gasteiger partial charge in [0.1, 0.15) is 0 Å². The number of ketones is 1. The molecule has 3 rings (SSSR count). The molecular formula is C31H37IO3Si. The lowest BCUT2D eigenvalue weighted by Crippen LogP contribution is -2.66. The van der Waals surface area contributed by atoms with Gasteiger partial charge in [-0.3, -0.25) is 4.79 Å². The monoisotopic (exact) mass is 612 g/mol. The van der Waals surface area contributed by atoms with Crippen molar-refractivity contribution in [3.05, 3.63) is 106 Å². The molecule has 0 heterocycles. The van der Waals surface area contributed by atoms with Gasteiger partial charge in [-0.2, -0.15) is 0 Å². The molecule has 0 radical (unpaired) electrons. The number of carbonyl (C=O) groups excluding carboxylic acids is 1. The summed E-state index contributed by atoms with van der Waals surface area (Å²) in [5.74, 6) is 0.0384. The zero-order chi connectivity index (χ0) is 26.0. The predicted molar refractivity (Wildman–Crippen MR) is 160 cm³/mol. The molecule has 3 aromatic carbocycles. The van der Waals surface area contributed by atoms with E-state index >= 15 is 0 Å². The number of halogens is 1. The Labute approximate surface area is 230 Å². The number of aliphatic hydroxyl groups excluding tert-OH is 1. The van der Waals surface area contributed by atoms with Crippen LogP contribution in [0.25, 0.3) is 0 Å². The van der Waals surface area contributed by atoms with E-state index in [9.17, 15) is 9.90 Å². The van der Waals surface area contributed by atoms with E-state index in [0.29, 0.717) is 32.3 Å². The van der Waals surface area contributed by atoms with Crippen molar-refractivity contribution in [3.63, 3.8) is 0 Å². The summed E-state index contributed by atoms with van der Waals surface area (Å²) in [4.78, 5) is 12.3. The molecule has 0 bridgehead atoms. The summed E-state index contributed by atoms with van der Waals surface area (Å²) in [5.41, 5.74) is 1.16. The Kier molecular flexibility index (Phi) is 10.7. The van der Waals surface area contributed by atoms with Crippen molar-refractivity contribution < 1.29 is 14.3 Å². The first-order chi connectivity index (χ1) is 17.2. The summed E-state index contributed by atoms with van der Waals surface area (Å²) < 4.78 is 8.05. The molecule has 0 amide bonds. The zero-order valence-electron chi connectivity index (χ0n) is 21.5. The van der Waals surface area contributed by atoms with Crippen LogP contribution >= 0.6 is 22.6 Å². The molecule has 0 aliphatic carbocycles. The van der Waals surface area contributed by atoms with E-state index in [4.69, 9.17) is 4.43 Å². The lowest BCUT2D eigenvalue weighted by atomic mass is 10.1. The quantitative estimate of drug-likeness (QED) is 0.117. The maximum absolute atomic E-state index is 12.3. The first-order valence-corrected chi connectivity index (χ1v) is 15.6. The van der Waals surface area contributed by atoms with E-state index in [1.54, 1.807) is 6.08 Å². The summed E-state index contributed by atoms with van der Waals surface area (Å²) in [6.45, 7) is 7.34. The van der Waals surface area contributed by atoms with Gasteiger partial charge in [0.15, 0.2) is 5.78 Å². The molecular weight excluding hydrogens is 575 g/mol. The Morgan fingerprint density at radius 1 is 0.972 bits per heavy atom. The minimum Gasteiger partial charge on any atom is -0.407 e. The first kappa shape index (κ1) is 28.5. The molecule has 1 N–H and O–H groups in total. The molecule has 1 unspecified atom stereocenters. The highest BCUT2D eigenvalue weighted by Gasteiger charge is 2.49. The van der Waals surface area contributed by atoms with Crippen molar-refractivity contribution in [2.45, 2.75) is 57.6 Å². The van der Waals surface area contributed by atoms with Crippen molar-refractivity contribution >= 4 is 47.1 Å². The van der Waals surface area contributed by atoms with Gasteiger partial charge in [-0.15, -0.1) is 0 Å². The zero-order valence-corrected chi connectivity index (χ0v) is 24.6. The van der Waals surface area contributed by atoms with Gasteiger partial charge in [-0.25, -0.2) is 0 Å². The molecule has 0 spiro atoms. The third-order valence-electron chi connectivity index (χ3n) is 6.43. The fraction of sp³-hybridized carbons (Fsp3) is 0.323. The van der Waals surface area contributed by atoms with Crippen molar-refractivity contribution in [2.75, 3.05) is 6.61 Å². The van der Waals surface area contributed by atoms with E-state index in [2.05, 4.69) is 98.0 Å². The summed E-state index contributed by atoms with van der Waals surface area (Å²) >= 11 is 2.28. The predicted octanol–water partition coefficient (Wildman–Crippen LogP) is 6.07. The number of aryl methyl sites for hydroxylation is 1. The third kappa shape index (κ3) is 7.72. The van der Waals surface area contributed by atoms with Crippen LogP contribution in [-0.2, 0) is 15.6 Å². The Bertz CT molecular complexity index is 1080. The number of allylic oxidation sites excluding steroid dienone is 1. The van der Waals surface area contributed by atoms with Gasteiger partial charge in [0, 0.05) is 16.6 Å². The van der Waals surface area contributed by atoms with Crippen LogP contribution < -0.4 is 10.4 Å². The summed E-state index contributed by atoms with van der Waals surface area (Å²) in [6, 6.07) is 29.3. The Morgan fingerprint density at radius 3 is 2.14 bits per heavy atom. The molecule has 3 nitrogen and oxygen atoms in total. The molecule has 0 fully saturated rings. The van der Waals surface area contributed by atoms with Gasteiger partial charge in [-0.1, -0.05) is 99.6 Å². The normalized spacial score (nSPS) is 13.1. The van der Waals surface area contributed by atoms with Crippen LogP contribution in [0.15, 0.2) is 97.1 Å². The highest BCUT2D eigenvalue weighted by Crippen LogP contribution is 2.36. The van der Waals surface area contributed by atoms with Crippen molar-refractivity contribution in [2.24, 2.45) is 0 Å². The molecule has 0 saturated carbocycles.